The normalized spacial score (nSPS) is 19.9. The van der Waals surface area contributed by atoms with E-state index < -0.39 is 12.1 Å². The minimum atomic E-state index is -0.645. The monoisotopic (exact) mass is 392 g/mol. The minimum Gasteiger partial charge on any atom is -0.391 e. The van der Waals surface area contributed by atoms with Gasteiger partial charge in [-0.3, -0.25) is 4.79 Å². The lowest BCUT2D eigenvalue weighted by Crippen LogP contribution is -2.51. The minimum absolute atomic E-state index is 0.188. The van der Waals surface area contributed by atoms with Gasteiger partial charge in [0, 0.05) is 18.3 Å². The van der Waals surface area contributed by atoms with Crippen molar-refractivity contribution in [1.82, 2.24) is 15.3 Å². The second kappa shape index (κ2) is 11.6. The van der Waals surface area contributed by atoms with Crippen LogP contribution in [0.2, 0.25) is 0 Å². The number of nitrogens with two attached hydrogens (primary N) is 1. The number of aliphatic hydroxyl groups excluding tert-OH is 1. The van der Waals surface area contributed by atoms with Crippen molar-refractivity contribution in [2.24, 2.45) is 23.5 Å². The van der Waals surface area contributed by atoms with Gasteiger partial charge < -0.3 is 21.1 Å². The van der Waals surface area contributed by atoms with Gasteiger partial charge in [0.15, 0.2) is 0 Å². The zero-order chi connectivity index (χ0) is 20.5. The molecule has 0 unspecified atom stereocenters. The van der Waals surface area contributed by atoms with Crippen LogP contribution in [0.25, 0.3) is 0 Å². The topological polar surface area (TPSA) is 104 Å². The van der Waals surface area contributed by atoms with E-state index in [4.69, 9.17) is 5.73 Å². The van der Waals surface area contributed by atoms with Gasteiger partial charge >= 0.3 is 0 Å². The van der Waals surface area contributed by atoms with Crippen LogP contribution < -0.4 is 11.1 Å². The molecule has 6 heteroatoms. The van der Waals surface area contributed by atoms with Crippen molar-refractivity contribution in [3.8, 4) is 0 Å². The van der Waals surface area contributed by atoms with Gasteiger partial charge in [0.1, 0.15) is 0 Å². The van der Waals surface area contributed by atoms with Crippen LogP contribution >= 0.6 is 0 Å². The number of carbonyl (C=O) groups excluding carboxylic acids is 1. The molecule has 6 nitrogen and oxygen atoms in total. The Balaban J connectivity index is 1.99. The molecule has 0 aliphatic heterocycles. The summed E-state index contributed by atoms with van der Waals surface area (Å²) < 4.78 is 0. The maximum absolute atomic E-state index is 12.7. The van der Waals surface area contributed by atoms with E-state index in [1.165, 1.54) is 32.1 Å². The van der Waals surface area contributed by atoms with Crippen molar-refractivity contribution in [2.45, 2.75) is 96.7 Å². The molecule has 1 aliphatic rings. The lowest BCUT2D eigenvalue weighted by atomic mass is 9.80. The number of imidazole rings is 1. The number of hydrogen-bond donors (Lipinski definition) is 4. The largest absolute Gasteiger partial charge is 0.391 e. The molecule has 1 aliphatic carbocycles. The molecule has 1 saturated carbocycles. The lowest BCUT2D eigenvalue weighted by Gasteiger charge is -2.33. The van der Waals surface area contributed by atoms with Crippen LogP contribution in [-0.4, -0.2) is 39.2 Å². The van der Waals surface area contributed by atoms with Gasteiger partial charge in [0.05, 0.1) is 24.5 Å². The van der Waals surface area contributed by atoms with Crippen LogP contribution in [0.1, 0.15) is 77.8 Å². The Morgan fingerprint density at radius 1 is 1.36 bits per heavy atom. The predicted octanol–water partition coefficient (Wildman–Crippen LogP) is 3.17. The van der Waals surface area contributed by atoms with Crippen LogP contribution in [0.5, 0.6) is 0 Å². The number of amides is 1. The van der Waals surface area contributed by atoms with Crippen molar-refractivity contribution in [3.05, 3.63) is 18.2 Å². The smallest absolute Gasteiger partial charge is 0.237 e. The van der Waals surface area contributed by atoms with Gasteiger partial charge in [-0.25, -0.2) is 4.98 Å². The SMILES string of the molecule is CC[C@@H](C[C@H](O)[C@H](CC1CCCCC1)NC(=O)[C@@H](N)Cc1cnc[nH]1)C(C)C. The summed E-state index contributed by atoms with van der Waals surface area (Å²) in [5.41, 5.74) is 6.97. The molecule has 0 spiro atoms. The highest BCUT2D eigenvalue weighted by Crippen LogP contribution is 2.30. The number of carbonyl (C=O) groups is 1. The van der Waals surface area contributed by atoms with E-state index in [-0.39, 0.29) is 11.9 Å². The quantitative estimate of drug-likeness (QED) is 0.464. The molecule has 5 N–H and O–H groups in total. The zero-order valence-electron chi connectivity index (χ0n) is 17.9. The molecule has 1 aromatic heterocycles. The third-order valence-corrected chi connectivity index (χ3v) is 6.45. The third kappa shape index (κ3) is 7.21. The van der Waals surface area contributed by atoms with Crippen LogP contribution in [0.3, 0.4) is 0 Å². The van der Waals surface area contributed by atoms with Gasteiger partial charge in [-0.15, -0.1) is 0 Å². The summed E-state index contributed by atoms with van der Waals surface area (Å²) in [6, 6.07) is -0.871. The summed E-state index contributed by atoms with van der Waals surface area (Å²) in [6.07, 6.45) is 12.0. The summed E-state index contributed by atoms with van der Waals surface area (Å²) in [5, 5.41) is 14.1. The third-order valence-electron chi connectivity index (χ3n) is 6.45. The maximum atomic E-state index is 12.7. The molecule has 1 amide bonds. The fourth-order valence-electron chi connectivity index (χ4n) is 4.49. The summed E-state index contributed by atoms with van der Waals surface area (Å²) in [6.45, 7) is 6.58. The molecular weight excluding hydrogens is 352 g/mol. The lowest BCUT2D eigenvalue weighted by molar-refractivity contribution is -0.124. The van der Waals surface area contributed by atoms with Gasteiger partial charge in [0.25, 0.3) is 0 Å². The first kappa shape index (κ1) is 22.9. The number of H-pyrrole nitrogens is 1. The maximum Gasteiger partial charge on any atom is 0.237 e. The molecule has 0 aromatic carbocycles. The fourth-order valence-corrected chi connectivity index (χ4v) is 4.49. The van der Waals surface area contributed by atoms with Crippen molar-refractivity contribution in [2.75, 3.05) is 0 Å². The number of nitrogens with one attached hydrogen (secondary N) is 2. The van der Waals surface area contributed by atoms with Crippen LogP contribution in [0, 0.1) is 17.8 Å². The number of aromatic amines is 1. The summed E-state index contributed by atoms with van der Waals surface area (Å²) >= 11 is 0. The van der Waals surface area contributed by atoms with E-state index in [0.717, 1.165) is 25.0 Å². The number of nitrogens with zero attached hydrogens (tertiary/aromatic N) is 1. The Morgan fingerprint density at radius 3 is 2.64 bits per heavy atom. The van der Waals surface area contributed by atoms with Crippen LogP contribution in [0.15, 0.2) is 12.5 Å². The average molecular weight is 393 g/mol. The molecule has 0 saturated heterocycles. The molecule has 1 fully saturated rings. The summed E-state index contributed by atoms with van der Waals surface area (Å²) in [4.78, 5) is 19.7. The Labute approximate surface area is 170 Å². The predicted molar refractivity (Wildman–Crippen MR) is 113 cm³/mol. The van der Waals surface area contributed by atoms with E-state index in [0.29, 0.717) is 24.2 Å². The van der Waals surface area contributed by atoms with Gasteiger partial charge in [-0.05, 0) is 30.6 Å². The van der Waals surface area contributed by atoms with Gasteiger partial charge in [-0.1, -0.05) is 59.3 Å². The van der Waals surface area contributed by atoms with Crippen LogP contribution in [0.4, 0.5) is 0 Å². The Bertz CT molecular complexity index is 555. The second-order valence-corrected chi connectivity index (χ2v) is 8.96. The van der Waals surface area contributed by atoms with Gasteiger partial charge in [0.2, 0.25) is 5.91 Å². The highest BCUT2D eigenvalue weighted by Gasteiger charge is 2.29. The van der Waals surface area contributed by atoms with Crippen molar-refractivity contribution < 1.29 is 9.90 Å². The molecule has 0 radical (unpaired) electrons. The Morgan fingerprint density at radius 2 is 2.07 bits per heavy atom. The highest BCUT2D eigenvalue weighted by atomic mass is 16.3. The number of aromatic nitrogens is 2. The van der Waals surface area contributed by atoms with Crippen molar-refractivity contribution in [3.63, 3.8) is 0 Å². The number of aliphatic hydroxyl groups is 1. The Hall–Kier alpha value is -1.40. The van der Waals surface area contributed by atoms with E-state index in [2.05, 4.69) is 36.1 Å². The average Bonchev–Trinajstić information content (AvgIpc) is 3.18. The van der Waals surface area contributed by atoms with Crippen molar-refractivity contribution in [1.29, 1.82) is 0 Å². The zero-order valence-corrected chi connectivity index (χ0v) is 17.9. The fraction of sp³-hybridized carbons (Fsp3) is 0.818. The second-order valence-electron chi connectivity index (χ2n) is 8.96. The first-order chi connectivity index (χ1) is 13.4. The molecule has 1 aromatic rings. The number of rotatable bonds is 11. The Kier molecular flexibility index (Phi) is 9.45. The van der Waals surface area contributed by atoms with E-state index in [9.17, 15) is 9.90 Å². The first-order valence-electron chi connectivity index (χ1n) is 11.1. The van der Waals surface area contributed by atoms with E-state index in [1.54, 1.807) is 12.5 Å². The molecule has 160 valence electrons. The molecule has 2 rings (SSSR count). The van der Waals surface area contributed by atoms with Crippen molar-refractivity contribution >= 4 is 5.91 Å². The summed E-state index contributed by atoms with van der Waals surface area (Å²) in [7, 11) is 0. The molecule has 4 atom stereocenters. The molecule has 28 heavy (non-hydrogen) atoms. The van der Waals surface area contributed by atoms with Gasteiger partial charge in [-0.2, -0.15) is 0 Å². The molecule has 1 heterocycles. The molecular formula is C22H40N4O2. The number of hydrogen-bond acceptors (Lipinski definition) is 4. The van der Waals surface area contributed by atoms with E-state index >= 15 is 0 Å². The van der Waals surface area contributed by atoms with E-state index in [1.807, 2.05) is 0 Å². The standard InChI is InChI=1S/C22H40N4O2/c1-4-17(15(2)3)11-21(27)20(10-16-8-6-5-7-9-16)26-22(28)19(23)12-18-13-24-14-25-18/h13-17,19-21,27H,4-12,23H2,1-3H3,(H,24,25)(H,26,28)/t17-,19-,20-,21-/m0/s1. The summed E-state index contributed by atoms with van der Waals surface area (Å²) in [5.74, 6) is 1.37. The highest BCUT2D eigenvalue weighted by molar-refractivity contribution is 5.82. The molecule has 0 bridgehead atoms. The first-order valence-corrected chi connectivity index (χ1v) is 11.1. The van der Waals surface area contributed by atoms with Crippen LogP contribution in [-0.2, 0) is 11.2 Å².